The van der Waals surface area contributed by atoms with Gasteiger partial charge in [0.1, 0.15) is 11.9 Å². The maximum Gasteiger partial charge on any atom is 0.414 e. The number of carboxylic acid groups (broad SMARTS) is 1. The highest BCUT2D eigenvalue weighted by molar-refractivity contribution is 8.25. The fourth-order valence-electron chi connectivity index (χ4n) is 2.83. The summed E-state index contributed by atoms with van der Waals surface area (Å²) in [6, 6.07) is 4.30. The molecule has 8 nitrogen and oxygen atoms in total. The number of rotatable bonds is 4. The van der Waals surface area contributed by atoms with Crippen LogP contribution >= 0.6 is 10.6 Å². The van der Waals surface area contributed by atoms with Gasteiger partial charge in [-0.05, 0) is 17.7 Å². The van der Waals surface area contributed by atoms with Crippen LogP contribution in [-0.2, 0) is 4.74 Å². The van der Waals surface area contributed by atoms with E-state index >= 15 is 0 Å². The van der Waals surface area contributed by atoms with Crippen molar-refractivity contribution in [1.29, 1.82) is 0 Å². The molecule has 4 N–H and O–H groups in total. The maximum atomic E-state index is 14.3. The molecule has 2 heterocycles. The largest absolute Gasteiger partial charge is 0.465 e. The molecule has 3 rings (SSSR count). The Morgan fingerprint density at radius 1 is 1.42 bits per heavy atom. The lowest BCUT2D eigenvalue weighted by molar-refractivity contribution is 0.136. The Morgan fingerprint density at radius 2 is 2.12 bits per heavy atom. The van der Waals surface area contributed by atoms with Gasteiger partial charge in [0.05, 0.1) is 18.8 Å². The van der Waals surface area contributed by atoms with E-state index in [2.05, 4.69) is 5.32 Å². The zero-order chi connectivity index (χ0) is 17.5. The van der Waals surface area contributed by atoms with Crippen LogP contribution in [0.4, 0.5) is 19.7 Å². The normalized spacial score (nSPS) is 24.2. The summed E-state index contributed by atoms with van der Waals surface area (Å²) in [5.74, 6) is -0.454. The van der Waals surface area contributed by atoms with Crippen LogP contribution in [0.5, 0.6) is 0 Å². The molecule has 1 aromatic carbocycles. The van der Waals surface area contributed by atoms with Crippen molar-refractivity contribution >= 4 is 28.5 Å². The van der Waals surface area contributed by atoms with Gasteiger partial charge in [0.2, 0.25) is 0 Å². The first-order valence-corrected chi connectivity index (χ1v) is 9.11. The first kappa shape index (κ1) is 16.8. The van der Waals surface area contributed by atoms with Crippen LogP contribution in [0.25, 0.3) is 0 Å². The van der Waals surface area contributed by atoms with Gasteiger partial charge >= 0.3 is 12.2 Å². The van der Waals surface area contributed by atoms with E-state index in [9.17, 15) is 23.1 Å². The average molecular weight is 360 g/mol. The lowest BCUT2D eigenvalue weighted by Gasteiger charge is -2.47. The van der Waals surface area contributed by atoms with Gasteiger partial charge in [0.15, 0.2) is 0 Å². The van der Waals surface area contributed by atoms with E-state index in [1.54, 1.807) is 6.07 Å². The fraction of sp³-hybridized carbons (Fsp3) is 0.429. The number of cyclic esters (lactones) is 1. The number of hydrogen-bond donors (Lipinski definition) is 4. The van der Waals surface area contributed by atoms with Crippen LogP contribution in [-0.4, -0.2) is 57.1 Å². The van der Waals surface area contributed by atoms with Gasteiger partial charge < -0.3 is 15.2 Å². The summed E-state index contributed by atoms with van der Waals surface area (Å²) in [6.07, 6.45) is -2.53. The first-order chi connectivity index (χ1) is 11.2. The van der Waals surface area contributed by atoms with E-state index in [-0.39, 0.29) is 30.5 Å². The number of ether oxygens (including phenoxy) is 1. The summed E-state index contributed by atoms with van der Waals surface area (Å²) < 4.78 is 38.1. The lowest BCUT2D eigenvalue weighted by atomic mass is 10.0. The summed E-state index contributed by atoms with van der Waals surface area (Å²) in [7, 11) is -2.56. The summed E-state index contributed by atoms with van der Waals surface area (Å²) in [4.78, 5) is 23.6. The number of anilines is 1. The topological polar surface area (TPSA) is 119 Å². The average Bonchev–Trinajstić information content (AvgIpc) is 2.83. The van der Waals surface area contributed by atoms with Gasteiger partial charge in [0.25, 0.3) is 0 Å². The van der Waals surface area contributed by atoms with E-state index < -0.39 is 34.7 Å². The van der Waals surface area contributed by atoms with Gasteiger partial charge in [0, 0.05) is 17.4 Å². The highest BCUT2D eigenvalue weighted by Crippen LogP contribution is 2.56. The monoisotopic (exact) mass is 360 g/mol. The Balaban J connectivity index is 1.68. The van der Waals surface area contributed by atoms with Gasteiger partial charge in [-0.1, -0.05) is 6.07 Å². The molecule has 24 heavy (non-hydrogen) atoms. The second kappa shape index (κ2) is 6.11. The molecule has 2 aliphatic heterocycles. The standard InChI is InChI=1S/C14H17FN2O6S/c15-12-3-9(1-2-11(12)8-6-24(21,22)7-8)17-5-10(23-14(17)20)4-16-13(18)19/h1-3,8,10,16,21-22H,4-7H2,(H,18,19)/t10-/m0/s1. The van der Waals surface area contributed by atoms with Crippen molar-refractivity contribution in [3.8, 4) is 0 Å². The lowest BCUT2D eigenvalue weighted by Crippen LogP contribution is -2.33. The number of halogens is 1. The number of carbonyl (C=O) groups excluding carboxylic acids is 1. The molecular formula is C14H17FN2O6S. The number of amides is 2. The highest BCUT2D eigenvalue weighted by Gasteiger charge is 2.37. The van der Waals surface area contributed by atoms with E-state index in [0.717, 1.165) is 0 Å². The zero-order valence-electron chi connectivity index (χ0n) is 12.5. The molecule has 132 valence electrons. The van der Waals surface area contributed by atoms with E-state index in [1.165, 1.54) is 17.0 Å². The minimum atomic E-state index is -2.56. The molecule has 10 heteroatoms. The number of benzene rings is 1. The number of hydrogen-bond acceptors (Lipinski definition) is 5. The minimum absolute atomic E-state index is 0.0436. The van der Waals surface area contributed by atoms with Crippen LogP contribution in [0.1, 0.15) is 11.5 Å². The first-order valence-electron chi connectivity index (χ1n) is 7.23. The summed E-state index contributed by atoms with van der Waals surface area (Å²) in [6.45, 7) is 0.0694. The van der Waals surface area contributed by atoms with Gasteiger partial charge in [-0.2, -0.15) is 10.6 Å². The van der Waals surface area contributed by atoms with Gasteiger partial charge in [-0.3, -0.25) is 14.0 Å². The van der Waals surface area contributed by atoms with Crippen molar-refractivity contribution in [3.63, 3.8) is 0 Å². The third-order valence-electron chi connectivity index (χ3n) is 4.03. The quantitative estimate of drug-likeness (QED) is 0.654. The smallest absolute Gasteiger partial charge is 0.414 e. The van der Waals surface area contributed by atoms with Crippen LogP contribution in [0.15, 0.2) is 18.2 Å². The molecule has 1 aromatic rings. The molecule has 1 atom stereocenters. The number of nitrogens with zero attached hydrogens (tertiary/aromatic N) is 1. The van der Waals surface area contributed by atoms with Crippen molar-refractivity contribution in [1.82, 2.24) is 5.32 Å². The SMILES string of the molecule is O=C(O)NC[C@H]1CN(c2ccc(C3CS(O)(O)C3)c(F)c2)C(=O)O1. The molecule has 0 aromatic heterocycles. The molecule has 0 saturated carbocycles. The van der Waals surface area contributed by atoms with Crippen molar-refractivity contribution in [2.24, 2.45) is 0 Å². The zero-order valence-corrected chi connectivity index (χ0v) is 13.3. The van der Waals surface area contributed by atoms with E-state index in [1.807, 2.05) is 0 Å². The highest BCUT2D eigenvalue weighted by atomic mass is 32.3. The molecule has 0 unspecified atom stereocenters. The third-order valence-corrected chi connectivity index (χ3v) is 5.90. The Bertz CT molecular complexity index is 677. The Labute approximate surface area is 138 Å². The Morgan fingerprint density at radius 3 is 2.71 bits per heavy atom. The number of nitrogens with one attached hydrogen (secondary N) is 1. The van der Waals surface area contributed by atoms with Crippen LogP contribution < -0.4 is 10.2 Å². The molecule has 2 amide bonds. The van der Waals surface area contributed by atoms with Crippen molar-refractivity contribution < 1.29 is 32.9 Å². The summed E-state index contributed by atoms with van der Waals surface area (Å²) in [5.41, 5.74) is 0.701. The fourth-order valence-corrected chi connectivity index (χ4v) is 4.38. The molecule has 0 spiro atoms. The Kier molecular flexibility index (Phi) is 4.28. The Hall–Kier alpha value is -2.04. The predicted octanol–water partition coefficient (Wildman–Crippen LogP) is 2.27. The molecular weight excluding hydrogens is 343 g/mol. The molecule has 2 fully saturated rings. The molecule has 0 aliphatic carbocycles. The summed E-state index contributed by atoms with van der Waals surface area (Å²) in [5, 5.41) is 10.7. The number of carbonyl (C=O) groups is 2. The van der Waals surface area contributed by atoms with E-state index in [0.29, 0.717) is 11.3 Å². The molecule has 2 aliphatic rings. The second-order valence-corrected chi connectivity index (χ2v) is 8.11. The maximum absolute atomic E-state index is 14.3. The summed E-state index contributed by atoms with van der Waals surface area (Å²) >= 11 is 0. The van der Waals surface area contributed by atoms with Crippen molar-refractivity contribution in [2.45, 2.75) is 12.0 Å². The van der Waals surface area contributed by atoms with Crippen LogP contribution in [0.3, 0.4) is 0 Å². The van der Waals surface area contributed by atoms with Gasteiger partial charge in [-0.25, -0.2) is 14.0 Å². The van der Waals surface area contributed by atoms with E-state index in [4.69, 9.17) is 9.84 Å². The van der Waals surface area contributed by atoms with Crippen molar-refractivity contribution in [3.05, 3.63) is 29.6 Å². The van der Waals surface area contributed by atoms with Crippen LogP contribution in [0.2, 0.25) is 0 Å². The van der Waals surface area contributed by atoms with Crippen molar-refractivity contribution in [2.75, 3.05) is 29.5 Å². The second-order valence-electron chi connectivity index (χ2n) is 5.84. The third kappa shape index (κ3) is 3.40. The predicted molar refractivity (Wildman–Crippen MR) is 85.4 cm³/mol. The molecule has 2 saturated heterocycles. The molecule has 0 bridgehead atoms. The van der Waals surface area contributed by atoms with Crippen LogP contribution in [0, 0.1) is 5.82 Å². The minimum Gasteiger partial charge on any atom is -0.465 e. The van der Waals surface area contributed by atoms with Gasteiger partial charge in [-0.15, -0.1) is 0 Å². The molecule has 0 radical (unpaired) electrons.